The van der Waals surface area contributed by atoms with E-state index in [1.807, 2.05) is 24.7 Å². The predicted molar refractivity (Wildman–Crippen MR) is 79.3 cm³/mol. The summed E-state index contributed by atoms with van der Waals surface area (Å²) in [6.45, 7) is 10.8. The fourth-order valence-corrected chi connectivity index (χ4v) is 2.52. The maximum absolute atomic E-state index is 5.36. The first-order chi connectivity index (χ1) is 8.91. The van der Waals surface area contributed by atoms with Gasteiger partial charge in [0.25, 0.3) is 0 Å². The molecule has 0 N–H and O–H groups in total. The molecule has 0 radical (unpaired) electrons. The van der Waals surface area contributed by atoms with Gasteiger partial charge in [-0.2, -0.15) is 0 Å². The van der Waals surface area contributed by atoms with Crippen LogP contribution >= 0.6 is 11.3 Å². The molecule has 5 nitrogen and oxygen atoms in total. The molecule has 0 unspecified atom stereocenters. The quantitative estimate of drug-likeness (QED) is 0.791. The topological polar surface area (TPSA) is 42.7 Å². The lowest BCUT2D eigenvalue weighted by Crippen LogP contribution is -2.22. The van der Waals surface area contributed by atoms with Crippen LogP contribution in [0.1, 0.15) is 33.4 Å². The van der Waals surface area contributed by atoms with Gasteiger partial charge in [0.15, 0.2) is 0 Å². The molecule has 0 spiro atoms. The van der Waals surface area contributed by atoms with Crippen LogP contribution in [0.5, 0.6) is 0 Å². The van der Waals surface area contributed by atoms with Gasteiger partial charge in [-0.05, 0) is 6.92 Å². The van der Waals surface area contributed by atoms with Gasteiger partial charge in [-0.25, -0.2) is 9.50 Å². The Kier molecular flexibility index (Phi) is 4.10. The van der Waals surface area contributed by atoms with Crippen molar-refractivity contribution in [3.63, 3.8) is 0 Å². The van der Waals surface area contributed by atoms with Crippen molar-refractivity contribution in [3.05, 3.63) is 11.9 Å². The van der Waals surface area contributed by atoms with Crippen molar-refractivity contribution in [1.82, 2.24) is 14.6 Å². The van der Waals surface area contributed by atoms with Gasteiger partial charge in [0.05, 0.1) is 18.5 Å². The number of rotatable bonds is 5. The Hall–Kier alpha value is -1.14. The highest BCUT2D eigenvalue weighted by Crippen LogP contribution is 2.26. The molecule has 0 aliphatic carbocycles. The molecule has 2 heterocycles. The number of nitrogens with zero attached hydrogens (tertiary/aromatic N) is 4. The molecule has 6 heteroatoms. The summed E-state index contributed by atoms with van der Waals surface area (Å²) in [6.07, 6.45) is 2.02. The fraction of sp³-hybridized carbons (Fsp3) is 0.692. The molecule has 0 aliphatic rings. The minimum atomic E-state index is 0.0639. The minimum Gasteiger partial charge on any atom is -0.380 e. The monoisotopic (exact) mass is 282 g/mol. The van der Waals surface area contributed by atoms with E-state index in [-0.39, 0.29) is 5.41 Å². The molecule has 0 fully saturated rings. The molecular formula is C13H22N4OS. The Labute approximate surface area is 118 Å². The number of imidazole rings is 1. The van der Waals surface area contributed by atoms with E-state index in [1.54, 1.807) is 11.3 Å². The summed E-state index contributed by atoms with van der Waals surface area (Å²) in [5.41, 5.74) is 1.14. The lowest BCUT2D eigenvalue weighted by Gasteiger charge is -2.15. The van der Waals surface area contributed by atoms with E-state index < -0.39 is 0 Å². The average Bonchev–Trinajstić information content (AvgIpc) is 2.85. The Bertz CT molecular complexity index is 509. The smallest absolute Gasteiger partial charge is 0.214 e. The van der Waals surface area contributed by atoms with Crippen molar-refractivity contribution < 1.29 is 4.74 Å². The molecule has 0 bridgehead atoms. The Balaban J connectivity index is 2.12. The molecule has 0 saturated heterocycles. The molecule has 2 rings (SSSR count). The standard InChI is InChI=1S/C13H22N4OS/c1-6-18-8-7-16(5)12-15-17-9-10(13(2,3)4)14-11(17)19-12/h9H,6-8H2,1-5H3. The highest BCUT2D eigenvalue weighted by atomic mass is 32.1. The third-order valence-corrected chi connectivity index (χ3v) is 3.94. The minimum absolute atomic E-state index is 0.0639. The van der Waals surface area contributed by atoms with Crippen molar-refractivity contribution in [2.24, 2.45) is 0 Å². The van der Waals surface area contributed by atoms with Gasteiger partial charge in [-0.3, -0.25) is 0 Å². The number of hydrogen-bond acceptors (Lipinski definition) is 5. The van der Waals surface area contributed by atoms with Crippen molar-refractivity contribution in [1.29, 1.82) is 0 Å². The number of ether oxygens (including phenoxy) is 1. The van der Waals surface area contributed by atoms with Crippen LogP contribution < -0.4 is 4.90 Å². The van der Waals surface area contributed by atoms with Crippen LogP contribution in [-0.2, 0) is 10.2 Å². The summed E-state index contributed by atoms with van der Waals surface area (Å²) < 4.78 is 7.23. The summed E-state index contributed by atoms with van der Waals surface area (Å²) in [5.74, 6) is 0. The van der Waals surface area contributed by atoms with Gasteiger partial charge in [-0.15, -0.1) is 5.10 Å². The van der Waals surface area contributed by atoms with E-state index in [4.69, 9.17) is 4.74 Å². The third kappa shape index (κ3) is 3.25. The normalized spacial score (nSPS) is 12.3. The van der Waals surface area contributed by atoms with Crippen LogP contribution in [0.2, 0.25) is 0 Å². The molecule has 106 valence electrons. The lowest BCUT2D eigenvalue weighted by atomic mass is 9.93. The van der Waals surface area contributed by atoms with Crippen LogP contribution in [0.25, 0.3) is 4.96 Å². The van der Waals surface area contributed by atoms with E-state index >= 15 is 0 Å². The van der Waals surface area contributed by atoms with E-state index in [1.165, 1.54) is 0 Å². The zero-order valence-electron chi connectivity index (χ0n) is 12.3. The summed E-state index contributed by atoms with van der Waals surface area (Å²) in [7, 11) is 2.03. The molecule has 2 aromatic heterocycles. The summed E-state index contributed by atoms with van der Waals surface area (Å²) in [5, 5.41) is 5.54. The molecule has 0 aliphatic heterocycles. The Morgan fingerprint density at radius 3 is 2.74 bits per heavy atom. The zero-order valence-corrected chi connectivity index (χ0v) is 13.1. The Morgan fingerprint density at radius 1 is 1.42 bits per heavy atom. The fourth-order valence-electron chi connectivity index (χ4n) is 1.65. The van der Waals surface area contributed by atoms with E-state index in [0.717, 1.165) is 35.5 Å². The van der Waals surface area contributed by atoms with Crippen molar-refractivity contribution >= 4 is 21.4 Å². The number of hydrogen-bond donors (Lipinski definition) is 0. The van der Waals surface area contributed by atoms with Gasteiger partial charge < -0.3 is 9.64 Å². The SMILES string of the molecule is CCOCCN(C)c1nn2cc(C(C)(C)C)nc2s1. The highest BCUT2D eigenvalue weighted by Gasteiger charge is 2.19. The second-order valence-corrected chi connectivity index (χ2v) is 6.54. The molecule has 0 aromatic carbocycles. The van der Waals surface area contributed by atoms with Crippen molar-refractivity contribution in [2.75, 3.05) is 31.7 Å². The van der Waals surface area contributed by atoms with Crippen LogP contribution in [-0.4, -0.2) is 41.4 Å². The molecule has 19 heavy (non-hydrogen) atoms. The van der Waals surface area contributed by atoms with Crippen molar-refractivity contribution in [2.45, 2.75) is 33.1 Å². The first-order valence-electron chi connectivity index (χ1n) is 6.57. The maximum atomic E-state index is 5.36. The molecule has 0 amide bonds. The van der Waals surface area contributed by atoms with E-state index in [9.17, 15) is 0 Å². The van der Waals surface area contributed by atoms with E-state index in [2.05, 4.69) is 35.8 Å². The largest absolute Gasteiger partial charge is 0.380 e. The molecule has 0 atom stereocenters. The number of fused-ring (bicyclic) bond motifs is 1. The predicted octanol–water partition coefficient (Wildman–Crippen LogP) is 2.56. The first kappa shape index (κ1) is 14.3. The number of aromatic nitrogens is 3. The molecule has 2 aromatic rings. The van der Waals surface area contributed by atoms with Gasteiger partial charge in [-0.1, -0.05) is 32.1 Å². The van der Waals surface area contributed by atoms with Gasteiger partial charge in [0.2, 0.25) is 10.1 Å². The second-order valence-electron chi connectivity index (χ2n) is 5.61. The first-order valence-corrected chi connectivity index (χ1v) is 7.39. The van der Waals surface area contributed by atoms with Gasteiger partial charge in [0.1, 0.15) is 0 Å². The third-order valence-electron chi connectivity index (χ3n) is 2.90. The zero-order chi connectivity index (χ0) is 14.0. The highest BCUT2D eigenvalue weighted by molar-refractivity contribution is 7.20. The average molecular weight is 282 g/mol. The van der Waals surface area contributed by atoms with Gasteiger partial charge in [0, 0.05) is 25.6 Å². The van der Waals surface area contributed by atoms with Crippen LogP contribution in [0.4, 0.5) is 5.13 Å². The number of anilines is 1. The van der Waals surface area contributed by atoms with Crippen LogP contribution in [0, 0.1) is 0 Å². The van der Waals surface area contributed by atoms with E-state index in [0.29, 0.717) is 0 Å². The van der Waals surface area contributed by atoms with Gasteiger partial charge >= 0.3 is 0 Å². The molecule has 0 saturated carbocycles. The van der Waals surface area contributed by atoms with Crippen molar-refractivity contribution in [3.8, 4) is 0 Å². The summed E-state index contributed by atoms with van der Waals surface area (Å²) >= 11 is 1.61. The Morgan fingerprint density at radius 2 is 2.16 bits per heavy atom. The lowest BCUT2D eigenvalue weighted by molar-refractivity contribution is 0.154. The summed E-state index contributed by atoms with van der Waals surface area (Å²) in [6, 6.07) is 0. The second kappa shape index (κ2) is 5.46. The summed E-state index contributed by atoms with van der Waals surface area (Å²) in [4.78, 5) is 7.69. The van der Waals surface area contributed by atoms with Crippen LogP contribution in [0.15, 0.2) is 6.20 Å². The maximum Gasteiger partial charge on any atom is 0.214 e. The van der Waals surface area contributed by atoms with Crippen LogP contribution in [0.3, 0.4) is 0 Å². The number of likely N-dealkylation sites (N-methyl/N-ethyl adjacent to an activating group) is 1. The molecular weight excluding hydrogens is 260 g/mol.